The molecule has 2 aromatic rings. The number of pyridine rings is 1. The Morgan fingerprint density at radius 1 is 1.04 bits per heavy atom. The predicted octanol–water partition coefficient (Wildman–Crippen LogP) is 0.141. The van der Waals surface area contributed by atoms with E-state index in [1.807, 2.05) is 24.3 Å². The van der Waals surface area contributed by atoms with Crippen LogP contribution >= 0.6 is 0 Å². The van der Waals surface area contributed by atoms with Crippen LogP contribution < -0.4 is 16.0 Å². The van der Waals surface area contributed by atoms with Gasteiger partial charge in [0.05, 0.1) is 6.54 Å². The van der Waals surface area contributed by atoms with Crippen molar-refractivity contribution in [1.29, 1.82) is 0 Å². The Balaban J connectivity index is 1.31. The second-order valence-corrected chi connectivity index (χ2v) is 6.14. The second-order valence-electron chi connectivity index (χ2n) is 6.14. The largest absolute Gasteiger partial charge is 0.370 e. The van der Waals surface area contributed by atoms with E-state index in [-0.39, 0.29) is 0 Å². The molecule has 0 spiro atoms. The zero-order valence-electron chi connectivity index (χ0n) is 15.0. The molecule has 26 heavy (non-hydrogen) atoms. The van der Waals surface area contributed by atoms with Crippen LogP contribution in [0.5, 0.6) is 0 Å². The van der Waals surface area contributed by atoms with Crippen LogP contribution in [0.4, 0.5) is 5.95 Å². The van der Waals surface area contributed by atoms with Crippen molar-refractivity contribution in [1.82, 2.24) is 25.2 Å². The molecule has 138 valence electrons. The fraction of sp³-hybridized carbons (Fsp3) is 0.444. The SMILES string of the molecule is NC(=NCCN1CCN(c2ncccn2)CC1)NCCc1ccccn1. The van der Waals surface area contributed by atoms with Crippen LogP contribution in [0.3, 0.4) is 0 Å². The molecule has 0 atom stereocenters. The van der Waals surface area contributed by atoms with Crippen molar-refractivity contribution in [2.75, 3.05) is 50.7 Å². The van der Waals surface area contributed by atoms with Crippen molar-refractivity contribution < 1.29 is 0 Å². The second kappa shape index (κ2) is 9.67. The molecule has 3 rings (SSSR count). The van der Waals surface area contributed by atoms with Crippen molar-refractivity contribution in [3.05, 3.63) is 48.5 Å². The third-order valence-corrected chi connectivity index (χ3v) is 4.32. The Kier molecular flexibility index (Phi) is 6.72. The molecule has 8 heteroatoms. The van der Waals surface area contributed by atoms with Gasteiger partial charge in [0.2, 0.25) is 5.95 Å². The Hall–Kier alpha value is -2.74. The molecule has 0 saturated carbocycles. The molecule has 2 aromatic heterocycles. The van der Waals surface area contributed by atoms with Crippen LogP contribution in [-0.2, 0) is 6.42 Å². The van der Waals surface area contributed by atoms with Crippen molar-refractivity contribution in [3.8, 4) is 0 Å². The number of nitrogens with two attached hydrogens (primary N) is 1. The summed E-state index contributed by atoms with van der Waals surface area (Å²) in [5.41, 5.74) is 6.98. The molecule has 8 nitrogen and oxygen atoms in total. The van der Waals surface area contributed by atoms with Gasteiger partial charge in [0.15, 0.2) is 5.96 Å². The maximum absolute atomic E-state index is 5.93. The van der Waals surface area contributed by atoms with Crippen LogP contribution in [0.2, 0.25) is 0 Å². The quantitative estimate of drug-likeness (QED) is 0.539. The Morgan fingerprint density at radius 2 is 1.81 bits per heavy atom. The van der Waals surface area contributed by atoms with Gasteiger partial charge in [-0.1, -0.05) is 6.07 Å². The first-order valence-electron chi connectivity index (χ1n) is 8.99. The number of piperazine rings is 1. The lowest BCUT2D eigenvalue weighted by molar-refractivity contribution is 0.264. The number of rotatable bonds is 7. The average molecular weight is 354 g/mol. The van der Waals surface area contributed by atoms with E-state index in [1.165, 1.54) is 0 Å². The molecular formula is C18H26N8. The Labute approximate surface area is 154 Å². The van der Waals surface area contributed by atoms with E-state index in [0.29, 0.717) is 12.5 Å². The van der Waals surface area contributed by atoms with Gasteiger partial charge >= 0.3 is 0 Å². The average Bonchev–Trinajstić information content (AvgIpc) is 2.70. The molecule has 0 amide bonds. The van der Waals surface area contributed by atoms with Crippen LogP contribution in [0.1, 0.15) is 5.69 Å². The summed E-state index contributed by atoms with van der Waals surface area (Å²) in [4.78, 5) is 21.9. The van der Waals surface area contributed by atoms with Gasteiger partial charge in [-0.2, -0.15) is 0 Å². The minimum Gasteiger partial charge on any atom is -0.370 e. The van der Waals surface area contributed by atoms with Gasteiger partial charge in [-0.25, -0.2) is 9.97 Å². The minimum atomic E-state index is 0.497. The highest BCUT2D eigenvalue weighted by atomic mass is 15.3. The fourth-order valence-electron chi connectivity index (χ4n) is 2.86. The molecule has 0 aliphatic carbocycles. The molecule has 1 fully saturated rings. The molecule has 0 aromatic carbocycles. The van der Waals surface area contributed by atoms with E-state index in [9.17, 15) is 0 Å². The maximum atomic E-state index is 5.93. The summed E-state index contributed by atoms with van der Waals surface area (Å²) in [7, 11) is 0. The highest BCUT2D eigenvalue weighted by Gasteiger charge is 2.18. The first-order valence-corrected chi connectivity index (χ1v) is 8.99. The van der Waals surface area contributed by atoms with Gasteiger partial charge in [-0.15, -0.1) is 0 Å². The van der Waals surface area contributed by atoms with E-state index in [0.717, 1.165) is 57.3 Å². The summed E-state index contributed by atoms with van der Waals surface area (Å²) in [6.07, 6.45) is 6.21. The smallest absolute Gasteiger partial charge is 0.225 e. The lowest BCUT2D eigenvalue weighted by atomic mass is 10.3. The number of anilines is 1. The van der Waals surface area contributed by atoms with Gasteiger partial charge in [0, 0.05) is 70.0 Å². The Bertz CT molecular complexity index is 668. The first-order chi connectivity index (χ1) is 12.8. The van der Waals surface area contributed by atoms with Gasteiger partial charge in [-0.3, -0.25) is 14.9 Å². The number of guanidine groups is 1. The summed E-state index contributed by atoms with van der Waals surface area (Å²) in [5.74, 6) is 1.31. The maximum Gasteiger partial charge on any atom is 0.225 e. The molecule has 1 aliphatic rings. The summed E-state index contributed by atoms with van der Waals surface area (Å²) in [6.45, 7) is 6.19. The number of aromatic nitrogens is 3. The van der Waals surface area contributed by atoms with E-state index < -0.39 is 0 Å². The molecule has 1 aliphatic heterocycles. The Morgan fingerprint density at radius 3 is 2.54 bits per heavy atom. The summed E-state index contributed by atoms with van der Waals surface area (Å²) in [6, 6.07) is 7.75. The molecule has 0 unspecified atom stereocenters. The standard InChI is InChI=1S/C18H26N8/c19-17(21-9-5-16-4-1-2-6-20-16)22-10-11-25-12-14-26(15-13-25)18-23-7-3-8-24-18/h1-4,6-8H,5,9-15H2,(H3,19,21,22). The highest BCUT2D eigenvalue weighted by Crippen LogP contribution is 2.09. The highest BCUT2D eigenvalue weighted by molar-refractivity contribution is 5.77. The predicted molar refractivity (Wildman–Crippen MR) is 103 cm³/mol. The number of aliphatic imine (C=N–C) groups is 1. The van der Waals surface area contributed by atoms with Crippen molar-refractivity contribution in [3.63, 3.8) is 0 Å². The topological polar surface area (TPSA) is 95.6 Å². The van der Waals surface area contributed by atoms with Crippen LogP contribution in [-0.4, -0.2) is 71.6 Å². The lowest BCUT2D eigenvalue weighted by Gasteiger charge is -2.34. The van der Waals surface area contributed by atoms with Crippen molar-refractivity contribution in [2.45, 2.75) is 6.42 Å². The molecule has 0 radical (unpaired) electrons. The van der Waals surface area contributed by atoms with Gasteiger partial charge in [0.1, 0.15) is 0 Å². The van der Waals surface area contributed by atoms with Crippen LogP contribution in [0.25, 0.3) is 0 Å². The third-order valence-electron chi connectivity index (χ3n) is 4.32. The number of hydrogen-bond acceptors (Lipinski definition) is 6. The summed E-state index contributed by atoms with van der Waals surface area (Å²) >= 11 is 0. The van der Waals surface area contributed by atoms with Crippen molar-refractivity contribution >= 4 is 11.9 Å². The molecule has 0 bridgehead atoms. The molecular weight excluding hydrogens is 328 g/mol. The number of nitrogens with one attached hydrogen (secondary N) is 1. The van der Waals surface area contributed by atoms with Gasteiger partial charge < -0.3 is 16.0 Å². The van der Waals surface area contributed by atoms with Crippen molar-refractivity contribution in [2.24, 2.45) is 10.7 Å². The first kappa shape index (κ1) is 18.1. The number of nitrogens with zero attached hydrogens (tertiary/aromatic N) is 6. The monoisotopic (exact) mass is 354 g/mol. The van der Waals surface area contributed by atoms with Gasteiger partial charge in [-0.05, 0) is 18.2 Å². The fourth-order valence-corrected chi connectivity index (χ4v) is 2.86. The van der Waals surface area contributed by atoms with Gasteiger partial charge in [0.25, 0.3) is 0 Å². The van der Waals surface area contributed by atoms with Crippen LogP contribution in [0, 0.1) is 0 Å². The molecule has 1 saturated heterocycles. The minimum absolute atomic E-state index is 0.497. The zero-order chi connectivity index (χ0) is 18.0. The van der Waals surface area contributed by atoms with E-state index in [4.69, 9.17) is 5.73 Å². The lowest BCUT2D eigenvalue weighted by Crippen LogP contribution is -2.47. The summed E-state index contributed by atoms with van der Waals surface area (Å²) < 4.78 is 0. The van der Waals surface area contributed by atoms with E-state index in [1.54, 1.807) is 18.6 Å². The van der Waals surface area contributed by atoms with E-state index in [2.05, 4.69) is 35.1 Å². The normalized spacial score (nSPS) is 15.8. The van der Waals surface area contributed by atoms with Crippen LogP contribution in [0.15, 0.2) is 47.8 Å². The molecule has 3 N–H and O–H groups in total. The van der Waals surface area contributed by atoms with E-state index >= 15 is 0 Å². The third kappa shape index (κ3) is 5.66. The number of hydrogen-bond donors (Lipinski definition) is 2. The molecule has 3 heterocycles. The summed E-state index contributed by atoms with van der Waals surface area (Å²) in [5, 5.41) is 3.14. The zero-order valence-corrected chi connectivity index (χ0v) is 15.0.